The second kappa shape index (κ2) is 8.81. The molecule has 1 heterocycles. The molecule has 168 valence electrons. The fraction of sp³-hybridized carbons (Fsp3) is 0.680. The van der Waals surface area contributed by atoms with Crippen molar-refractivity contribution in [1.29, 1.82) is 0 Å². The van der Waals surface area contributed by atoms with Crippen molar-refractivity contribution in [1.82, 2.24) is 9.80 Å². The van der Waals surface area contributed by atoms with E-state index in [2.05, 4.69) is 0 Å². The Labute approximate surface area is 184 Å². The van der Waals surface area contributed by atoms with Crippen LogP contribution in [0, 0.1) is 23.2 Å². The van der Waals surface area contributed by atoms with Crippen molar-refractivity contribution in [2.45, 2.75) is 38.5 Å². The van der Waals surface area contributed by atoms with E-state index in [9.17, 15) is 9.59 Å². The van der Waals surface area contributed by atoms with Crippen molar-refractivity contribution >= 4 is 11.8 Å². The van der Waals surface area contributed by atoms with Crippen molar-refractivity contribution in [3.8, 4) is 5.75 Å². The number of benzene rings is 1. The Balaban J connectivity index is 1.04. The third-order valence-electron chi connectivity index (χ3n) is 7.88. The van der Waals surface area contributed by atoms with E-state index >= 15 is 0 Å². The van der Waals surface area contributed by atoms with Crippen LogP contribution in [0.5, 0.6) is 5.75 Å². The second-order valence-electron chi connectivity index (χ2n) is 10.1. The van der Waals surface area contributed by atoms with Crippen molar-refractivity contribution in [2.75, 3.05) is 46.0 Å². The molecule has 2 amide bonds. The molecule has 6 heteroatoms. The molecule has 5 fully saturated rings. The largest absolute Gasteiger partial charge is 0.491 e. The summed E-state index contributed by atoms with van der Waals surface area (Å²) < 4.78 is 11.1. The number of carbonyl (C=O) groups excluding carboxylic acids is 2. The van der Waals surface area contributed by atoms with Gasteiger partial charge >= 0.3 is 0 Å². The van der Waals surface area contributed by atoms with Crippen LogP contribution in [0.3, 0.4) is 0 Å². The first-order valence-corrected chi connectivity index (χ1v) is 11.9. The smallest absolute Gasteiger partial charge is 0.248 e. The minimum Gasteiger partial charge on any atom is -0.491 e. The van der Waals surface area contributed by atoms with E-state index in [4.69, 9.17) is 9.47 Å². The van der Waals surface area contributed by atoms with Crippen LogP contribution in [0.15, 0.2) is 30.3 Å². The SMILES string of the molecule is O=C(COCCOc1ccccc1)N1CCN(C(=O)C23CC4CC(CC(C4)C2)C3)CC1. The molecular weight excluding hydrogens is 392 g/mol. The number of rotatable bonds is 7. The Bertz CT molecular complexity index is 753. The van der Waals surface area contributed by atoms with Gasteiger partial charge in [0.2, 0.25) is 11.8 Å². The average Bonchev–Trinajstić information content (AvgIpc) is 2.78. The van der Waals surface area contributed by atoms with E-state index in [-0.39, 0.29) is 17.9 Å². The number of carbonyl (C=O) groups is 2. The molecule has 5 aliphatic rings. The van der Waals surface area contributed by atoms with Crippen LogP contribution in [0.1, 0.15) is 38.5 Å². The standard InChI is InChI=1S/C25H34N2O4/c28-23(18-30-10-11-31-22-4-2-1-3-5-22)26-6-8-27(9-7-26)24(29)25-15-19-12-20(16-25)14-21(13-19)17-25/h1-5,19-21H,6-18H2. The molecule has 1 aromatic rings. The van der Waals surface area contributed by atoms with Crippen molar-refractivity contribution < 1.29 is 19.1 Å². The predicted octanol–water partition coefficient (Wildman–Crippen LogP) is 2.97. The van der Waals surface area contributed by atoms with Crippen LogP contribution < -0.4 is 4.74 Å². The zero-order chi connectivity index (χ0) is 21.3. The van der Waals surface area contributed by atoms with Gasteiger partial charge in [0.05, 0.1) is 12.0 Å². The molecule has 4 aliphatic carbocycles. The Hall–Kier alpha value is -2.08. The lowest BCUT2D eigenvalue weighted by molar-refractivity contribution is -0.161. The van der Waals surface area contributed by atoms with Gasteiger partial charge in [-0.2, -0.15) is 0 Å². The quantitative estimate of drug-likeness (QED) is 0.629. The van der Waals surface area contributed by atoms with Crippen molar-refractivity contribution in [2.24, 2.45) is 23.2 Å². The van der Waals surface area contributed by atoms with Crippen LogP contribution >= 0.6 is 0 Å². The van der Waals surface area contributed by atoms with Gasteiger partial charge in [0.15, 0.2) is 0 Å². The van der Waals surface area contributed by atoms with Gasteiger partial charge in [-0.1, -0.05) is 18.2 Å². The molecule has 6 rings (SSSR count). The zero-order valence-electron chi connectivity index (χ0n) is 18.3. The molecule has 1 aromatic carbocycles. The third-order valence-corrected chi connectivity index (χ3v) is 7.88. The minimum atomic E-state index is -0.0806. The summed E-state index contributed by atoms with van der Waals surface area (Å²) in [4.78, 5) is 29.8. The molecule has 0 spiro atoms. The summed E-state index contributed by atoms with van der Waals surface area (Å²) >= 11 is 0. The van der Waals surface area contributed by atoms with E-state index in [0.29, 0.717) is 45.3 Å². The van der Waals surface area contributed by atoms with Gasteiger partial charge in [-0.3, -0.25) is 9.59 Å². The molecule has 1 saturated heterocycles. The molecular formula is C25H34N2O4. The molecule has 4 bridgehead atoms. The van der Waals surface area contributed by atoms with Gasteiger partial charge in [-0.05, 0) is 68.4 Å². The first-order chi connectivity index (χ1) is 15.1. The maximum Gasteiger partial charge on any atom is 0.248 e. The monoisotopic (exact) mass is 426 g/mol. The van der Waals surface area contributed by atoms with E-state index in [0.717, 1.165) is 42.8 Å². The number of nitrogens with zero attached hydrogens (tertiary/aromatic N) is 2. The normalized spacial score (nSPS) is 31.7. The minimum absolute atomic E-state index is 0.00149. The first-order valence-electron chi connectivity index (χ1n) is 11.9. The summed E-state index contributed by atoms with van der Waals surface area (Å²) in [6.07, 6.45) is 7.38. The van der Waals surface area contributed by atoms with Crippen LogP contribution in [-0.2, 0) is 14.3 Å². The molecule has 4 saturated carbocycles. The van der Waals surface area contributed by atoms with Crippen LogP contribution in [-0.4, -0.2) is 67.6 Å². The van der Waals surface area contributed by atoms with Gasteiger partial charge in [0.1, 0.15) is 19.0 Å². The molecule has 0 unspecified atom stereocenters. The van der Waals surface area contributed by atoms with E-state index in [1.54, 1.807) is 0 Å². The van der Waals surface area contributed by atoms with Crippen molar-refractivity contribution in [3.05, 3.63) is 30.3 Å². The molecule has 0 atom stereocenters. The van der Waals surface area contributed by atoms with Gasteiger partial charge in [0.25, 0.3) is 0 Å². The number of piperazine rings is 1. The topological polar surface area (TPSA) is 59.1 Å². The Kier molecular flexibility index (Phi) is 5.91. The Morgan fingerprint density at radius 3 is 2.03 bits per heavy atom. The van der Waals surface area contributed by atoms with Gasteiger partial charge in [-0.15, -0.1) is 0 Å². The average molecular weight is 427 g/mol. The lowest BCUT2D eigenvalue weighted by Gasteiger charge is -2.57. The first kappa shape index (κ1) is 20.8. The maximum atomic E-state index is 13.5. The van der Waals surface area contributed by atoms with Crippen molar-refractivity contribution in [3.63, 3.8) is 0 Å². The third kappa shape index (κ3) is 4.45. The highest BCUT2D eigenvalue weighted by Crippen LogP contribution is 2.60. The fourth-order valence-electron chi connectivity index (χ4n) is 6.85. The van der Waals surface area contributed by atoms with Gasteiger partial charge < -0.3 is 19.3 Å². The summed E-state index contributed by atoms with van der Waals surface area (Å²) in [5, 5.41) is 0. The summed E-state index contributed by atoms with van der Waals surface area (Å²) in [5.74, 6) is 3.52. The Morgan fingerprint density at radius 1 is 0.839 bits per heavy atom. The lowest BCUT2D eigenvalue weighted by Crippen LogP contribution is -2.58. The molecule has 0 aromatic heterocycles. The molecule has 0 N–H and O–H groups in total. The number of para-hydroxylation sites is 1. The summed E-state index contributed by atoms with van der Waals surface area (Å²) in [5.41, 5.74) is -0.0806. The summed E-state index contributed by atoms with van der Waals surface area (Å²) in [6.45, 7) is 3.41. The fourth-order valence-corrected chi connectivity index (χ4v) is 6.85. The lowest BCUT2D eigenvalue weighted by atomic mass is 9.49. The number of amides is 2. The highest BCUT2D eigenvalue weighted by Gasteiger charge is 2.55. The number of hydrogen-bond acceptors (Lipinski definition) is 4. The number of hydrogen-bond donors (Lipinski definition) is 0. The predicted molar refractivity (Wildman–Crippen MR) is 117 cm³/mol. The zero-order valence-corrected chi connectivity index (χ0v) is 18.3. The second-order valence-corrected chi connectivity index (χ2v) is 10.1. The number of ether oxygens (including phenoxy) is 2. The van der Waals surface area contributed by atoms with E-state index in [1.807, 2.05) is 40.1 Å². The highest BCUT2D eigenvalue weighted by molar-refractivity contribution is 5.84. The van der Waals surface area contributed by atoms with Gasteiger partial charge in [0, 0.05) is 26.2 Å². The maximum absolute atomic E-state index is 13.5. The van der Waals surface area contributed by atoms with E-state index < -0.39 is 0 Å². The van der Waals surface area contributed by atoms with Gasteiger partial charge in [-0.25, -0.2) is 0 Å². The molecule has 0 radical (unpaired) electrons. The van der Waals surface area contributed by atoms with E-state index in [1.165, 1.54) is 19.3 Å². The molecule has 6 nitrogen and oxygen atoms in total. The summed E-state index contributed by atoms with van der Waals surface area (Å²) in [7, 11) is 0. The molecule has 31 heavy (non-hydrogen) atoms. The van der Waals surface area contributed by atoms with Crippen LogP contribution in [0.2, 0.25) is 0 Å². The molecule has 1 aliphatic heterocycles. The highest BCUT2D eigenvalue weighted by atomic mass is 16.5. The summed E-state index contributed by atoms with van der Waals surface area (Å²) in [6, 6.07) is 9.59. The Morgan fingerprint density at radius 2 is 1.42 bits per heavy atom. The van der Waals surface area contributed by atoms with Crippen LogP contribution in [0.25, 0.3) is 0 Å². The van der Waals surface area contributed by atoms with Crippen LogP contribution in [0.4, 0.5) is 0 Å².